The number of carbonyl (C=O) groups is 1. The number of aryl methyl sites for hydroxylation is 2. The van der Waals surface area contributed by atoms with Gasteiger partial charge in [-0.15, -0.1) is 0 Å². The molecule has 1 amide bonds. The minimum absolute atomic E-state index is 0.00997. The monoisotopic (exact) mass is 446 g/mol. The van der Waals surface area contributed by atoms with Crippen LogP contribution in [0.25, 0.3) is 0 Å². The molecule has 1 aromatic carbocycles. The van der Waals surface area contributed by atoms with Crippen molar-refractivity contribution in [1.29, 1.82) is 0 Å². The Bertz CT molecular complexity index is 1080. The zero-order chi connectivity index (χ0) is 23.2. The van der Waals surface area contributed by atoms with Crippen LogP contribution in [0.1, 0.15) is 45.7 Å². The number of ether oxygens (including phenoxy) is 1. The van der Waals surface area contributed by atoms with E-state index in [4.69, 9.17) is 4.74 Å². The van der Waals surface area contributed by atoms with E-state index in [9.17, 15) is 9.90 Å². The third-order valence-electron chi connectivity index (χ3n) is 5.90. The molecule has 2 aromatic heterocycles. The summed E-state index contributed by atoms with van der Waals surface area (Å²) in [6.07, 6.45) is 3.51. The summed E-state index contributed by atoms with van der Waals surface area (Å²) in [6, 6.07) is 15.3. The highest BCUT2D eigenvalue weighted by atomic mass is 16.5. The number of aromatic nitrogens is 2. The minimum Gasteiger partial charge on any atom is -0.487 e. The first-order chi connectivity index (χ1) is 16.0. The van der Waals surface area contributed by atoms with Gasteiger partial charge in [-0.25, -0.2) is 4.98 Å². The molecule has 0 saturated carbocycles. The highest BCUT2D eigenvalue weighted by Gasteiger charge is 2.29. The topological polar surface area (TPSA) is 87.6 Å². The van der Waals surface area contributed by atoms with Crippen molar-refractivity contribution in [3.63, 3.8) is 0 Å². The number of nitrogens with zero attached hydrogens (tertiary/aromatic N) is 3. The quantitative estimate of drug-likeness (QED) is 0.546. The fraction of sp³-hybridized carbons (Fsp3) is 0.346. The zero-order valence-electron chi connectivity index (χ0n) is 19.1. The summed E-state index contributed by atoms with van der Waals surface area (Å²) in [7, 11) is 0. The predicted molar refractivity (Wildman–Crippen MR) is 127 cm³/mol. The maximum atomic E-state index is 12.8. The van der Waals surface area contributed by atoms with Gasteiger partial charge in [0.1, 0.15) is 23.9 Å². The summed E-state index contributed by atoms with van der Waals surface area (Å²) < 4.78 is 6.02. The number of anilines is 1. The van der Waals surface area contributed by atoms with E-state index < -0.39 is 0 Å². The molecule has 2 N–H and O–H groups in total. The Labute approximate surface area is 194 Å². The number of hydrogen-bond acceptors (Lipinski definition) is 6. The summed E-state index contributed by atoms with van der Waals surface area (Å²) in [6.45, 7) is 5.74. The maximum Gasteiger partial charge on any atom is 0.272 e. The molecular weight excluding hydrogens is 416 g/mol. The van der Waals surface area contributed by atoms with E-state index in [1.807, 2.05) is 44.2 Å². The standard InChI is InChI=1S/C26H30N4O3/c1-18-13-20(14-19(2)25(18)33-17-21-7-3-4-11-27-21)15-28-24-10-5-9-23(29-24)26(32)30-12-6-8-22(30)16-31/h3-5,7,9-11,13-14,22,31H,6,8,12,15-17H2,1-2H3,(H,28,29)/t22-/m0/s1. The molecule has 1 atom stereocenters. The van der Waals surface area contributed by atoms with Gasteiger partial charge in [0.25, 0.3) is 5.91 Å². The minimum atomic E-state index is -0.128. The number of likely N-dealkylation sites (tertiary alicyclic amines) is 1. The van der Waals surface area contributed by atoms with Crippen molar-refractivity contribution in [1.82, 2.24) is 14.9 Å². The number of rotatable bonds is 8. The first-order valence-electron chi connectivity index (χ1n) is 11.3. The van der Waals surface area contributed by atoms with Gasteiger partial charge in [0.05, 0.1) is 18.3 Å². The normalized spacial score (nSPS) is 15.5. The summed E-state index contributed by atoms with van der Waals surface area (Å²) >= 11 is 0. The molecule has 4 rings (SSSR count). The smallest absolute Gasteiger partial charge is 0.272 e. The number of nitrogens with one attached hydrogen (secondary N) is 1. The number of hydrogen-bond donors (Lipinski definition) is 2. The zero-order valence-corrected chi connectivity index (χ0v) is 19.1. The molecule has 33 heavy (non-hydrogen) atoms. The second kappa shape index (κ2) is 10.4. The first kappa shape index (κ1) is 22.7. The van der Waals surface area contributed by atoms with Crippen molar-refractivity contribution in [2.24, 2.45) is 0 Å². The Morgan fingerprint density at radius 2 is 2.00 bits per heavy atom. The van der Waals surface area contributed by atoms with Gasteiger partial charge in [-0.3, -0.25) is 9.78 Å². The van der Waals surface area contributed by atoms with Crippen LogP contribution in [0.15, 0.2) is 54.7 Å². The van der Waals surface area contributed by atoms with E-state index in [0.29, 0.717) is 31.2 Å². The number of aliphatic hydroxyl groups is 1. The van der Waals surface area contributed by atoms with E-state index >= 15 is 0 Å². The summed E-state index contributed by atoms with van der Waals surface area (Å²) in [4.78, 5) is 23.4. The Balaban J connectivity index is 1.40. The number of benzene rings is 1. The molecule has 7 heteroatoms. The van der Waals surface area contributed by atoms with Crippen LogP contribution in [-0.4, -0.2) is 45.1 Å². The second-order valence-corrected chi connectivity index (χ2v) is 8.41. The van der Waals surface area contributed by atoms with Gasteiger partial charge < -0.3 is 20.1 Å². The van der Waals surface area contributed by atoms with Gasteiger partial charge in [-0.05, 0) is 67.6 Å². The van der Waals surface area contributed by atoms with Gasteiger partial charge in [-0.1, -0.05) is 24.3 Å². The van der Waals surface area contributed by atoms with Gasteiger partial charge >= 0.3 is 0 Å². The first-order valence-corrected chi connectivity index (χ1v) is 11.3. The number of amides is 1. The van der Waals surface area contributed by atoms with E-state index in [-0.39, 0.29) is 18.6 Å². The summed E-state index contributed by atoms with van der Waals surface area (Å²) in [5.41, 5.74) is 4.51. The highest BCUT2D eigenvalue weighted by molar-refractivity contribution is 5.93. The molecule has 0 aliphatic carbocycles. The Kier molecular flexibility index (Phi) is 7.19. The SMILES string of the molecule is Cc1cc(CNc2cccc(C(=O)N3CCC[C@H]3CO)n2)cc(C)c1OCc1ccccn1. The number of pyridine rings is 2. The van der Waals surface area contributed by atoms with Crippen LogP contribution in [-0.2, 0) is 13.2 Å². The Morgan fingerprint density at radius 3 is 2.73 bits per heavy atom. The van der Waals surface area contributed by atoms with Crippen LogP contribution in [0.2, 0.25) is 0 Å². The van der Waals surface area contributed by atoms with E-state index in [1.165, 1.54) is 0 Å². The van der Waals surface area contributed by atoms with Crippen molar-refractivity contribution >= 4 is 11.7 Å². The molecule has 1 aliphatic rings. The molecule has 0 radical (unpaired) electrons. The molecule has 1 fully saturated rings. The van der Waals surface area contributed by atoms with Crippen molar-refractivity contribution in [2.45, 2.75) is 45.9 Å². The van der Waals surface area contributed by atoms with Crippen molar-refractivity contribution < 1.29 is 14.6 Å². The van der Waals surface area contributed by atoms with E-state index in [2.05, 4.69) is 27.4 Å². The lowest BCUT2D eigenvalue weighted by atomic mass is 10.1. The fourth-order valence-electron chi connectivity index (χ4n) is 4.28. The lowest BCUT2D eigenvalue weighted by Gasteiger charge is -2.22. The molecule has 0 spiro atoms. The molecule has 1 saturated heterocycles. The van der Waals surface area contributed by atoms with Gasteiger partial charge in [0, 0.05) is 19.3 Å². The second-order valence-electron chi connectivity index (χ2n) is 8.41. The molecule has 3 heterocycles. The van der Waals surface area contributed by atoms with Crippen molar-refractivity contribution in [3.8, 4) is 5.75 Å². The van der Waals surface area contributed by atoms with E-state index in [0.717, 1.165) is 41.0 Å². The van der Waals surface area contributed by atoms with Crippen LogP contribution in [0.3, 0.4) is 0 Å². The van der Waals surface area contributed by atoms with Gasteiger partial charge in [0.15, 0.2) is 0 Å². The van der Waals surface area contributed by atoms with E-state index in [1.54, 1.807) is 17.2 Å². The number of carbonyl (C=O) groups excluding carboxylic acids is 1. The Morgan fingerprint density at radius 1 is 1.18 bits per heavy atom. The predicted octanol–water partition coefficient (Wildman–Crippen LogP) is 3.88. The molecular formula is C26H30N4O3. The summed E-state index contributed by atoms with van der Waals surface area (Å²) in [5.74, 6) is 1.39. The lowest BCUT2D eigenvalue weighted by Crippen LogP contribution is -2.38. The Hall–Kier alpha value is -3.45. The fourth-order valence-corrected chi connectivity index (χ4v) is 4.28. The third kappa shape index (κ3) is 5.49. The summed E-state index contributed by atoms with van der Waals surface area (Å²) in [5, 5.41) is 12.8. The average molecular weight is 447 g/mol. The third-order valence-corrected chi connectivity index (χ3v) is 5.90. The lowest BCUT2D eigenvalue weighted by molar-refractivity contribution is 0.0672. The highest BCUT2D eigenvalue weighted by Crippen LogP contribution is 2.26. The van der Waals surface area contributed by atoms with Crippen LogP contribution in [0, 0.1) is 13.8 Å². The van der Waals surface area contributed by atoms with Crippen LogP contribution >= 0.6 is 0 Å². The molecule has 7 nitrogen and oxygen atoms in total. The van der Waals surface area contributed by atoms with Gasteiger partial charge in [-0.2, -0.15) is 0 Å². The van der Waals surface area contributed by atoms with Crippen LogP contribution < -0.4 is 10.1 Å². The molecule has 3 aromatic rings. The van der Waals surface area contributed by atoms with Crippen molar-refractivity contribution in [2.75, 3.05) is 18.5 Å². The van der Waals surface area contributed by atoms with Gasteiger partial charge in [0.2, 0.25) is 0 Å². The molecule has 0 unspecified atom stereocenters. The van der Waals surface area contributed by atoms with Crippen LogP contribution in [0.5, 0.6) is 5.75 Å². The molecule has 172 valence electrons. The maximum absolute atomic E-state index is 12.8. The average Bonchev–Trinajstić information content (AvgIpc) is 3.31. The molecule has 1 aliphatic heterocycles. The largest absolute Gasteiger partial charge is 0.487 e. The van der Waals surface area contributed by atoms with Crippen molar-refractivity contribution in [3.05, 3.63) is 82.8 Å². The van der Waals surface area contributed by atoms with Crippen LogP contribution in [0.4, 0.5) is 5.82 Å². The molecule has 0 bridgehead atoms. The number of aliphatic hydroxyl groups excluding tert-OH is 1.